The molecule has 0 spiro atoms. The molecule has 0 saturated carbocycles. The van der Waals surface area contributed by atoms with Gasteiger partial charge < -0.3 is 21.1 Å². The molecule has 1 atom stereocenters. The lowest BCUT2D eigenvalue weighted by molar-refractivity contribution is 0.417. The first-order valence-electron chi connectivity index (χ1n) is 6.13. The van der Waals surface area contributed by atoms with E-state index in [1.807, 2.05) is 12.1 Å². The molecule has 0 aromatic heterocycles. The van der Waals surface area contributed by atoms with E-state index in [4.69, 9.17) is 16.2 Å². The standard InChI is InChI=1S/C13H21N3O/c1-17-13-8-11(2-3-12(13)15)16-7-5-10(9-16)4-6-14/h2-3,8,10H,4-7,9,14-15H2,1H3. The van der Waals surface area contributed by atoms with Crippen LogP contribution in [0.5, 0.6) is 5.75 Å². The van der Waals surface area contributed by atoms with Crippen LogP contribution in [0.15, 0.2) is 18.2 Å². The van der Waals surface area contributed by atoms with Crippen LogP contribution in [0.25, 0.3) is 0 Å². The van der Waals surface area contributed by atoms with E-state index >= 15 is 0 Å². The quantitative estimate of drug-likeness (QED) is 0.775. The number of rotatable bonds is 4. The summed E-state index contributed by atoms with van der Waals surface area (Å²) in [6.07, 6.45) is 2.34. The van der Waals surface area contributed by atoms with Crippen LogP contribution in [0.1, 0.15) is 12.8 Å². The summed E-state index contributed by atoms with van der Waals surface area (Å²) < 4.78 is 5.25. The summed E-state index contributed by atoms with van der Waals surface area (Å²) in [5.74, 6) is 1.48. The van der Waals surface area contributed by atoms with E-state index in [1.54, 1.807) is 7.11 Å². The molecule has 0 bridgehead atoms. The Morgan fingerprint density at radius 1 is 1.47 bits per heavy atom. The number of benzene rings is 1. The Morgan fingerprint density at radius 2 is 2.29 bits per heavy atom. The van der Waals surface area contributed by atoms with Gasteiger partial charge in [-0.2, -0.15) is 0 Å². The Kier molecular flexibility index (Phi) is 3.74. The monoisotopic (exact) mass is 235 g/mol. The molecule has 4 nitrogen and oxygen atoms in total. The summed E-state index contributed by atoms with van der Waals surface area (Å²) in [5, 5.41) is 0. The number of hydrogen-bond acceptors (Lipinski definition) is 4. The average molecular weight is 235 g/mol. The van der Waals surface area contributed by atoms with E-state index in [-0.39, 0.29) is 0 Å². The summed E-state index contributed by atoms with van der Waals surface area (Å²) in [6, 6.07) is 5.98. The fraction of sp³-hybridized carbons (Fsp3) is 0.538. The molecule has 4 N–H and O–H groups in total. The van der Waals surface area contributed by atoms with Gasteiger partial charge in [0.05, 0.1) is 12.8 Å². The van der Waals surface area contributed by atoms with Crippen molar-refractivity contribution in [2.45, 2.75) is 12.8 Å². The maximum Gasteiger partial charge on any atom is 0.143 e. The molecule has 1 saturated heterocycles. The Balaban J connectivity index is 2.08. The van der Waals surface area contributed by atoms with Crippen molar-refractivity contribution in [2.75, 3.05) is 37.4 Å². The van der Waals surface area contributed by atoms with E-state index in [1.165, 1.54) is 12.1 Å². The smallest absolute Gasteiger partial charge is 0.143 e. The number of nitrogens with two attached hydrogens (primary N) is 2. The van der Waals surface area contributed by atoms with E-state index in [2.05, 4.69) is 11.0 Å². The zero-order valence-corrected chi connectivity index (χ0v) is 10.4. The van der Waals surface area contributed by atoms with Gasteiger partial charge in [-0.15, -0.1) is 0 Å². The maximum atomic E-state index is 5.81. The van der Waals surface area contributed by atoms with Crippen molar-refractivity contribution in [3.8, 4) is 5.75 Å². The molecule has 2 rings (SSSR count). The number of hydrogen-bond donors (Lipinski definition) is 2. The molecule has 1 unspecified atom stereocenters. The zero-order valence-electron chi connectivity index (χ0n) is 10.4. The van der Waals surface area contributed by atoms with Gasteiger partial charge in [-0.3, -0.25) is 0 Å². The van der Waals surface area contributed by atoms with Crippen molar-refractivity contribution in [3.05, 3.63) is 18.2 Å². The van der Waals surface area contributed by atoms with Crippen LogP contribution >= 0.6 is 0 Å². The molecule has 1 aliphatic rings. The first kappa shape index (κ1) is 12.0. The summed E-state index contributed by atoms with van der Waals surface area (Å²) in [5.41, 5.74) is 13.3. The second-order valence-electron chi connectivity index (χ2n) is 4.60. The van der Waals surface area contributed by atoms with Crippen molar-refractivity contribution in [1.82, 2.24) is 0 Å². The van der Waals surface area contributed by atoms with E-state index in [0.29, 0.717) is 5.69 Å². The number of nitrogens with zero attached hydrogens (tertiary/aromatic N) is 1. The van der Waals surface area contributed by atoms with Crippen molar-refractivity contribution in [2.24, 2.45) is 11.7 Å². The largest absolute Gasteiger partial charge is 0.495 e. The number of methoxy groups -OCH3 is 1. The molecule has 17 heavy (non-hydrogen) atoms. The summed E-state index contributed by atoms with van der Waals surface area (Å²) >= 11 is 0. The highest BCUT2D eigenvalue weighted by Gasteiger charge is 2.22. The molecule has 1 aromatic carbocycles. The second kappa shape index (κ2) is 5.27. The minimum absolute atomic E-state index is 0.689. The van der Waals surface area contributed by atoms with Gasteiger partial charge in [0.25, 0.3) is 0 Å². The first-order valence-corrected chi connectivity index (χ1v) is 6.13. The molecular formula is C13H21N3O. The van der Waals surface area contributed by atoms with Crippen molar-refractivity contribution >= 4 is 11.4 Å². The van der Waals surface area contributed by atoms with Crippen molar-refractivity contribution < 1.29 is 4.74 Å². The Bertz CT molecular complexity index is 381. The van der Waals surface area contributed by atoms with Gasteiger partial charge in [0, 0.05) is 24.8 Å². The predicted octanol–water partition coefficient (Wildman–Crippen LogP) is 1.45. The van der Waals surface area contributed by atoms with Gasteiger partial charge >= 0.3 is 0 Å². The molecule has 4 heteroatoms. The molecule has 1 fully saturated rings. The van der Waals surface area contributed by atoms with Gasteiger partial charge in [0.15, 0.2) is 0 Å². The Labute approximate surface area is 103 Å². The van der Waals surface area contributed by atoms with Crippen molar-refractivity contribution in [1.29, 1.82) is 0 Å². The SMILES string of the molecule is COc1cc(N2CCC(CCN)C2)ccc1N. The fourth-order valence-corrected chi connectivity index (χ4v) is 2.44. The molecular weight excluding hydrogens is 214 g/mol. The molecule has 1 aliphatic heterocycles. The van der Waals surface area contributed by atoms with E-state index in [0.717, 1.165) is 37.7 Å². The predicted molar refractivity (Wildman–Crippen MR) is 71.4 cm³/mol. The third-order valence-electron chi connectivity index (χ3n) is 3.44. The van der Waals surface area contributed by atoms with E-state index in [9.17, 15) is 0 Å². The van der Waals surface area contributed by atoms with Gasteiger partial charge in [0.2, 0.25) is 0 Å². The summed E-state index contributed by atoms with van der Waals surface area (Å²) in [4.78, 5) is 2.38. The zero-order chi connectivity index (χ0) is 12.3. The second-order valence-corrected chi connectivity index (χ2v) is 4.60. The van der Waals surface area contributed by atoms with Gasteiger partial charge in [-0.1, -0.05) is 0 Å². The van der Waals surface area contributed by atoms with Gasteiger partial charge in [0.1, 0.15) is 5.75 Å². The number of ether oxygens (including phenoxy) is 1. The number of anilines is 2. The third kappa shape index (κ3) is 2.64. The van der Waals surface area contributed by atoms with E-state index < -0.39 is 0 Å². The summed E-state index contributed by atoms with van der Waals surface area (Å²) in [6.45, 7) is 2.96. The summed E-state index contributed by atoms with van der Waals surface area (Å²) in [7, 11) is 1.65. The van der Waals surface area contributed by atoms with Crippen LogP contribution in [-0.2, 0) is 0 Å². The van der Waals surface area contributed by atoms with Crippen LogP contribution in [0, 0.1) is 5.92 Å². The minimum atomic E-state index is 0.689. The molecule has 1 aromatic rings. The highest BCUT2D eigenvalue weighted by molar-refractivity contribution is 5.62. The van der Waals surface area contributed by atoms with Crippen LogP contribution < -0.4 is 21.1 Å². The average Bonchev–Trinajstić information content (AvgIpc) is 2.79. The van der Waals surface area contributed by atoms with Gasteiger partial charge in [-0.25, -0.2) is 0 Å². The van der Waals surface area contributed by atoms with Crippen LogP contribution in [0.3, 0.4) is 0 Å². The minimum Gasteiger partial charge on any atom is -0.495 e. The molecule has 1 heterocycles. The fourth-order valence-electron chi connectivity index (χ4n) is 2.44. The molecule has 0 aliphatic carbocycles. The highest BCUT2D eigenvalue weighted by atomic mass is 16.5. The van der Waals surface area contributed by atoms with Gasteiger partial charge in [-0.05, 0) is 37.4 Å². The molecule has 94 valence electrons. The lowest BCUT2D eigenvalue weighted by Crippen LogP contribution is -2.20. The normalized spacial score (nSPS) is 19.6. The van der Waals surface area contributed by atoms with Crippen LogP contribution in [0.4, 0.5) is 11.4 Å². The number of nitrogen functional groups attached to an aromatic ring is 1. The third-order valence-corrected chi connectivity index (χ3v) is 3.44. The highest BCUT2D eigenvalue weighted by Crippen LogP contribution is 2.31. The Morgan fingerprint density at radius 3 is 3.00 bits per heavy atom. The first-order chi connectivity index (χ1) is 8.24. The van der Waals surface area contributed by atoms with Crippen molar-refractivity contribution in [3.63, 3.8) is 0 Å². The maximum absolute atomic E-state index is 5.81. The van der Waals surface area contributed by atoms with Crippen LogP contribution in [0.2, 0.25) is 0 Å². The lowest BCUT2D eigenvalue weighted by Gasteiger charge is -2.20. The lowest BCUT2D eigenvalue weighted by atomic mass is 10.1. The molecule has 0 amide bonds. The topological polar surface area (TPSA) is 64.5 Å². The van der Waals surface area contributed by atoms with Crippen LogP contribution in [-0.4, -0.2) is 26.7 Å². The molecule has 0 radical (unpaired) electrons. The Hall–Kier alpha value is -1.42.